The van der Waals surface area contributed by atoms with Crippen LogP contribution in [0.1, 0.15) is 47.0 Å². The molecule has 1 heterocycles. The molecule has 0 aliphatic rings. The van der Waals surface area contributed by atoms with E-state index in [1.807, 2.05) is 0 Å². The lowest BCUT2D eigenvalue weighted by atomic mass is 9.85. The molecule has 0 aliphatic carbocycles. The van der Waals surface area contributed by atoms with Crippen LogP contribution >= 0.6 is 0 Å². The second-order valence-corrected chi connectivity index (χ2v) is 8.00. The molecule has 2 atom stereocenters. The predicted octanol–water partition coefficient (Wildman–Crippen LogP) is 2.92. The van der Waals surface area contributed by atoms with Gasteiger partial charge in [0.05, 0.1) is 0 Å². The van der Waals surface area contributed by atoms with Crippen molar-refractivity contribution in [3.05, 3.63) is 24.5 Å². The summed E-state index contributed by atoms with van der Waals surface area (Å²) >= 11 is 0. The molecule has 178 valence electrons. The molecular formula is C20H26F3N3O6. The molecule has 0 fully saturated rings. The number of pyridine rings is 1. The number of rotatable bonds is 8. The molecule has 0 spiro atoms. The van der Waals surface area contributed by atoms with E-state index in [2.05, 4.69) is 25.4 Å². The lowest BCUT2D eigenvalue weighted by molar-refractivity contribution is -0.287. The molecule has 1 aromatic rings. The molecule has 1 aromatic heterocycles. The van der Waals surface area contributed by atoms with E-state index >= 15 is 0 Å². The summed E-state index contributed by atoms with van der Waals surface area (Å²) in [4.78, 5) is 59.8. The van der Waals surface area contributed by atoms with Gasteiger partial charge in [-0.2, -0.15) is 13.2 Å². The van der Waals surface area contributed by atoms with Crippen molar-refractivity contribution in [1.29, 1.82) is 0 Å². The first kappa shape index (κ1) is 26.9. The van der Waals surface area contributed by atoms with Crippen LogP contribution < -0.4 is 10.6 Å². The van der Waals surface area contributed by atoms with Gasteiger partial charge < -0.3 is 10.6 Å². The first-order valence-electron chi connectivity index (χ1n) is 9.78. The number of aromatic nitrogens is 1. The van der Waals surface area contributed by atoms with E-state index in [1.54, 1.807) is 27.7 Å². The van der Waals surface area contributed by atoms with Gasteiger partial charge in [-0.1, -0.05) is 40.5 Å². The lowest BCUT2D eigenvalue weighted by Crippen LogP contribution is -2.53. The van der Waals surface area contributed by atoms with Crippen molar-refractivity contribution in [1.82, 2.24) is 10.3 Å². The Labute approximate surface area is 183 Å². The molecule has 2 N–H and O–H groups in total. The van der Waals surface area contributed by atoms with Crippen molar-refractivity contribution in [3.8, 4) is 0 Å². The summed E-state index contributed by atoms with van der Waals surface area (Å²) in [5.41, 5.74) is -0.371. The van der Waals surface area contributed by atoms with Crippen molar-refractivity contribution >= 4 is 29.4 Å². The van der Waals surface area contributed by atoms with Gasteiger partial charge in [0.25, 0.3) is 0 Å². The number of unbranched alkanes of at least 4 members (excludes halogenated alkanes) is 1. The van der Waals surface area contributed by atoms with E-state index in [-0.39, 0.29) is 6.42 Å². The highest BCUT2D eigenvalue weighted by Gasteiger charge is 2.44. The van der Waals surface area contributed by atoms with Gasteiger partial charge in [-0.05, 0) is 24.0 Å². The van der Waals surface area contributed by atoms with Crippen molar-refractivity contribution in [2.24, 2.45) is 11.3 Å². The average molecular weight is 461 g/mol. The minimum atomic E-state index is -5.37. The number of hydrogen-bond donors (Lipinski definition) is 2. The molecule has 0 saturated heterocycles. The van der Waals surface area contributed by atoms with Gasteiger partial charge in [0.2, 0.25) is 11.8 Å². The van der Waals surface area contributed by atoms with Crippen LogP contribution in [0, 0.1) is 11.3 Å². The smallest absolute Gasteiger partial charge is 0.343 e. The Hall–Kier alpha value is -3.18. The third kappa shape index (κ3) is 8.52. The zero-order valence-electron chi connectivity index (χ0n) is 18.1. The third-order valence-electron chi connectivity index (χ3n) is 4.24. The number of alkyl halides is 3. The van der Waals surface area contributed by atoms with E-state index in [9.17, 15) is 32.3 Å². The van der Waals surface area contributed by atoms with Crippen molar-refractivity contribution in [3.63, 3.8) is 0 Å². The van der Waals surface area contributed by atoms with Crippen LogP contribution in [0.5, 0.6) is 0 Å². The number of carbonyl (C=O) groups is 4. The Morgan fingerprint density at radius 3 is 2.12 bits per heavy atom. The number of hydrogen-bond acceptors (Lipinski definition) is 7. The maximum atomic E-state index is 12.8. The van der Waals surface area contributed by atoms with Gasteiger partial charge in [0, 0.05) is 18.1 Å². The Morgan fingerprint density at radius 2 is 1.62 bits per heavy atom. The summed E-state index contributed by atoms with van der Waals surface area (Å²) in [7, 11) is 0. The standard InChI is InChI=1S/C20H26F3N3O6/c1-5-6-7-13(17(29)31-32-18(30)20(21,22)23)15(27)26-14(19(2,3)4)16(28)25-12-8-10-24-11-9-12/h8-11,13-14H,5-7H2,1-4H3,(H,26,27)(H,24,25,28). The molecule has 2 amide bonds. The third-order valence-corrected chi connectivity index (χ3v) is 4.24. The van der Waals surface area contributed by atoms with E-state index < -0.39 is 47.3 Å². The number of amides is 2. The van der Waals surface area contributed by atoms with Crippen LogP contribution in [0.2, 0.25) is 0 Å². The first-order chi connectivity index (χ1) is 14.8. The minimum absolute atomic E-state index is 0.0897. The number of carbonyl (C=O) groups excluding carboxylic acids is 4. The van der Waals surface area contributed by atoms with Crippen LogP contribution in [-0.2, 0) is 29.0 Å². The highest BCUT2D eigenvalue weighted by Crippen LogP contribution is 2.23. The zero-order chi connectivity index (χ0) is 24.5. The zero-order valence-corrected chi connectivity index (χ0v) is 18.1. The quantitative estimate of drug-likeness (QED) is 0.347. The van der Waals surface area contributed by atoms with Crippen LogP contribution in [-0.4, -0.2) is 41.0 Å². The molecular weight excluding hydrogens is 435 g/mol. The van der Waals surface area contributed by atoms with Crippen molar-refractivity contribution < 1.29 is 42.1 Å². The molecule has 12 heteroatoms. The number of anilines is 1. The average Bonchev–Trinajstić information content (AvgIpc) is 2.69. The number of nitrogens with one attached hydrogen (secondary N) is 2. The maximum Gasteiger partial charge on any atom is 0.495 e. The van der Waals surface area contributed by atoms with Gasteiger partial charge in [0.15, 0.2) is 0 Å². The molecule has 32 heavy (non-hydrogen) atoms. The Kier molecular flexibility index (Phi) is 9.60. The summed E-state index contributed by atoms with van der Waals surface area (Å²) < 4.78 is 36.7. The van der Waals surface area contributed by atoms with E-state index in [0.29, 0.717) is 18.5 Å². The minimum Gasteiger partial charge on any atom is -0.343 e. The highest BCUT2D eigenvalue weighted by molar-refractivity contribution is 6.02. The van der Waals surface area contributed by atoms with Gasteiger partial charge in [-0.15, -0.1) is 0 Å². The van der Waals surface area contributed by atoms with E-state index in [1.165, 1.54) is 24.5 Å². The molecule has 0 radical (unpaired) electrons. The second-order valence-electron chi connectivity index (χ2n) is 8.00. The van der Waals surface area contributed by atoms with Crippen molar-refractivity contribution in [2.75, 3.05) is 5.32 Å². The maximum absolute atomic E-state index is 12.8. The van der Waals surface area contributed by atoms with Gasteiger partial charge in [0.1, 0.15) is 12.0 Å². The van der Waals surface area contributed by atoms with Gasteiger partial charge in [-0.3, -0.25) is 14.6 Å². The SMILES string of the molecule is CCCCC(C(=O)NC(C(=O)Nc1ccncc1)C(C)(C)C)C(=O)OOC(=O)C(F)(F)F. The molecule has 0 saturated carbocycles. The summed E-state index contributed by atoms with van der Waals surface area (Å²) in [5.74, 6) is -7.32. The monoisotopic (exact) mass is 461 g/mol. The summed E-state index contributed by atoms with van der Waals surface area (Å²) in [5, 5.41) is 5.07. The van der Waals surface area contributed by atoms with Gasteiger partial charge >= 0.3 is 18.1 Å². The normalized spacial score (nSPS) is 13.5. The molecule has 0 aromatic carbocycles. The number of halogens is 3. The van der Waals surface area contributed by atoms with E-state index in [4.69, 9.17) is 0 Å². The fourth-order valence-electron chi connectivity index (χ4n) is 2.52. The molecule has 1 rings (SSSR count). The Morgan fingerprint density at radius 1 is 1.03 bits per heavy atom. The molecule has 0 bridgehead atoms. The van der Waals surface area contributed by atoms with Crippen LogP contribution in [0.15, 0.2) is 24.5 Å². The largest absolute Gasteiger partial charge is 0.495 e. The number of nitrogens with zero attached hydrogens (tertiary/aromatic N) is 1. The van der Waals surface area contributed by atoms with Crippen LogP contribution in [0.4, 0.5) is 18.9 Å². The lowest BCUT2D eigenvalue weighted by Gasteiger charge is -2.31. The van der Waals surface area contributed by atoms with Crippen molar-refractivity contribution in [2.45, 2.75) is 59.2 Å². The second kappa shape index (κ2) is 11.4. The molecule has 9 nitrogen and oxygen atoms in total. The fraction of sp³-hybridized carbons (Fsp3) is 0.550. The summed E-state index contributed by atoms with van der Waals surface area (Å²) in [6.45, 7) is 6.79. The molecule has 2 unspecified atom stereocenters. The van der Waals surface area contributed by atoms with E-state index in [0.717, 1.165) is 0 Å². The topological polar surface area (TPSA) is 124 Å². The molecule has 0 aliphatic heterocycles. The van der Waals surface area contributed by atoms with Gasteiger partial charge in [-0.25, -0.2) is 19.4 Å². The summed E-state index contributed by atoms with van der Waals surface area (Å²) in [6.07, 6.45) is -1.63. The Balaban J connectivity index is 2.96. The fourth-order valence-corrected chi connectivity index (χ4v) is 2.52. The summed E-state index contributed by atoms with van der Waals surface area (Å²) in [6, 6.07) is 1.96. The highest BCUT2D eigenvalue weighted by atomic mass is 19.4. The predicted molar refractivity (Wildman–Crippen MR) is 106 cm³/mol. The van der Waals surface area contributed by atoms with Crippen LogP contribution in [0.25, 0.3) is 0 Å². The van der Waals surface area contributed by atoms with Crippen LogP contribution in [0.3, 0.4) is 0 Å². The first-order valence-corrected chi connectivity index (χ1v) is 9.78. The Bertz CT molecular complexity index is 809.